The number of benzene rings is 1. The third kappa shape index (κ3) is 2.50. The van der Waals surface area contributed by atoms with Crippen molar-refractivity contribution < 1.29 is 17.9 Å². The number of rotatable bonds is 3. The summed E-state index contributed by atoms with van der Waals surface area (Å²) in [4.78, 5) is 0. The molecule has 0 fully saturated rings. The molecule has 0 amide bonds. The second-order valence-electron chi connectivity index (χ2n) is 2.27. The van der Waals surface area contributed by atoms with E-state index in [2.05, 4.69) is 11.3 Å². The molecule has 0 aromatic heterocycles. The predicted molar refractivity (Wildman–Crippen MR) is 43.1 cm³/mol. The van der Waals surface area contributed by atoms with E-state index in [4.69, 9.17) is 0 Å². The first kappa shape index (κ1) is 9.64. The first-order chi connectivity index (χ1) is 6.13. The largest absolute Gasteiger partial charge is 0.432 e. The van der Waals surface area contributed by atoms with E-state index in [0.29, 0.717) is 5.56 Å². The summed E-state index contributed by atoms with van der Waals surface area (Å²) in [6.07, 6.45) is 1.41. The Labute approximate surface area is 73.4 Å². The van der Waals surface area contributed by atoms with Crippen molar-refractivity contribution in [2.24, 2.45) is 0 Å². The highest BCUT2D eigenvalue weighted by Crippen LogP contribution is 2.20. The van der Waals surface area contributed by atoms with Crippen molar-refractivity contribution in [1.29, 1.82) is 0 Å². The van der Waals surface area contributed by atoms with Crippen molar-refractivity contribution in [2.75, 3.05) is 0 Å². The van der Waals surface area contributed by atoms with Gasteiger partial charge < -0.3 is 4.74 Å². The van der Waals surface area contributed by atoms with E-state index in [1.807, 2.05) is 0 Å². The van der Waals surface area contributed by atoms with Crippen molar-refractivity contribution in [2.45, 2.75) is 6.61 Å². The van der Waals surface area contributed by atoms with Crippen LogP contribution in [0, 0.1) is 5.82 Å². The molecule has 1 aromatic rings. The van der Waals surface area contributed by atoms with Gasteiger partial charge in [0.1, 0.15) is 0 Å². The van der Waals surface area contributed by atoms with Crippen LogP contribution >= 0.6 is 0 Å². The monoisotopic (exact) mass is 188 g/mol. The maximum absolute atomic E-state index is 12.9. The Bertz CT molecular complexity index is 310. The summed E-state index contributed by atoms with van der Waals surface area (Å²) in [6.45, 7) is 0.397. The number of ether oxygens (including phenoxy) is 1. The van der Waals surface area contributed by atoms with E-state index in [1.165, 1.54) is 12.1 Å². The molecular formula is C9H7F3O. The van der Waals surface area contributed by atoms with Crippen molar-refractivity contribution in [3.8, 4) is 5.75 Å². The Morgan fingerprint density at radius 1 is 1.38 bits per heavy atom. The molecule has 13 heavy (non-hydrogen) atoms. The molecule has 0 N–H and O–H groups in total. The quantitative estimate of drug-likeness (QED) is 0.708. The fraction of sp³-hybridized carbons (Fsp3) is 0.111. The highest BCUT2D eigenvalue weighted by atomic mass is 19.3. The summed E-state index contributed by atoms with van der Waals surface area (Å²) in [5, 5.41) is 0. The average Bonchev–Trinajstić information content (AvgIpc) is 2.08. The van der Waals surface area contributed by atoms with Gasteiger partial charge in [-0.25, -0.2) is 4.39 Å². The van der Waals surface area contributed by atoms with Crippen molar-refractivity contribution in [1.82, 2.24) is 0 Å². The van der Waals surface area contributed by atoms with Crippen LogP contribution < -0.4 is 4.74 Å². The van der Waals surface area contributed by atoms with Gasteiger partial charge in [0.05, 0.1) is 0 Å². The summed E-state index contributed by atoms with van der Waals surface area (Å²) in [6, 6.07) is 3.65. The van der Waals surface area contributed by atoms with Crippen LogP contribution in [0.4, 0.5) is 13.2 Å². The summed E-state index contributed by atoms with van der Waals surface area (Å²) in [5.74, 6) is -1.28. The first-order valence-electron chi connectivity index (χ1n) is 3.50. The Morgan fingerprint density at radius 3 is 2.54 bits per heavy atom. The van der Waals surface area contributed by atoms with Crippen LogP contribution in [0.3, 0.4) is 0 Å². The van der Waals surface area contributed by atoms with Crippen molar-refractivity contribution in [3.05, 3.63) is 36.2 Å². The van der Waals surface area contributed by atoms with Crippen LogP contribution in [-0.2, 0) is 0 Å². The van der Waals surface area contributed by atoms with E-state index < -0.39 is 18.2 Å². The van der Waals surface area contributed by atoms with Crippen molar-refractivity contribution in [3.63, 3.8) is 0 Å². The Balaban J connectivity index is 2.91. The number of hydrogen-bond donors (Lipinski definition) is 0. The van der Waals surface area contributed by atoms with E-state index >= 15 is 0 Å². The minimum absolute atomic E-state index is 0.458. The zero-order valence-electron chi connectivity index (χ0n) is 6.64. The molecule has 1 rings (SSSR count). The van der Waals surface area contributed by atoms with Crippen LogP contribution in [0.25, 0.3) is 6.08 Å². The van der Waals surface area contributed by atoms with Crippen LogP contribution in [-0.4, -0.2) is 6.61 Å². The molecular weight excluding hydrogens is 181 g/mol. The second-order valence-corrected chi connectivity index (χ2v) is 2.27. The van der Waals surface area contributed by atoms with E-state index in [0.717, 1.165) is 12.1 Å². The third-order valence-electron chi connectivity index (χ3n) is 1.41. The van der Waals surface area contributed by atoms with Gasteiger partial charge >= 0.3 is 6.61 Å². The molecule has 0 aliphatic rings. The Hall–Kier alpha value is -1.45. The van der Waals surface area contributed by atoms with Crippen LogP contribution in [0.5, 0.6) is 5.75 Å². The number of halogens is 3. The molecule has 0 aliphatic heterocycles. The Kier molecular flexibility index (Phi) is 2.95. The number of alkyl halides is 2. The van der Waals surface area contributed by atoms with Crippen LogP contribution in [0.2, 0.25) is 0 Å². The van der Waals surface area contributed by atoms with E-state index in [1.54, 1.807) is 0 Å². The summed E-state index contributed by atoms with van der Waals surface area (Å²) >= 11 is 0. The molecule has 0 aliphatic carbocycles. The second kappa shape index (κ2) is 3.98. The van der Waals surface area contributed by atoms with E-state index in [-0.39, 0.29) is 0 Å². The lowest BCUT2D eigenvalue weighted by atomic mass is 10.2. The molecule has 0 atom stereocenters. The minimum atomic E-state index is -3.01. The molecule has 4 heteroatoms. The minimum Gasteiger partial charge on any atom is -0.432 e. The molecule has 1 nitrogen and oxygen atoms in total. The van der Waals surface area contributed by atoms with Gasteiger partial charge in [-0.3, -0.25) is 0 Å². The van der Waals surface area contributed by atoms with Gasteiger partial charge in [0.15, 0.2) is 11.6 Å². The molecule has 70 valence electrons. The highest BCUT2D eigenvalue weighted by Gasteiger charge is 2.08. The van der Waals surface area contributed by atoms with Gasteiger partial charge in [-0.05, 0) is 17.7 Å². The average molecular weight is 188 g/mol. The normalized spacial score (nSPS) is 10.2. The molecule has 0 unspecified atom stereocenters. The summed E-state index contributed by atoms with van der Waals surface area (Å²) in [5.41, 5.74) is 0.513. The maximum atomic E-state index is 12.9. The highest BCUT2D eigenvalue weighted by molar-refractivity contribution is 5.48. The van der Waals surface area contributed by atoms with Gasteiger partial charge in [-0.15, -0.1) is 0 Å². The lowest BCUT2D eigenvalue weighted by molar-refractivity contribution is -0.0521. The fourth-order valence-corrected chi connectivity index (χ4v) is 0.836. The van der Waals surface area contributed by atoms with Gasteiger partial charge in [-0.1, -0.05) is 18.7 Å². The maximum Gasteiger partial charge on any atom is 0.387 e. The molecule has 0 bridgehead atoms. The molecule has 1 aromatic carbocycles. The SMILES string of the molecule is C=Cc1ccc(OC(F)F)c(F)c1. The molecule has 0 spiro atoms. The molecule has 0 radical (unpaired) electrons. The van der Waals surface area contributed by atoms with Crippen LogP contribution in [0.15, 0.2) is 24.8 Å². The van der Waals surface area contributed by atoms with Gasteiger partial charge in [0, 0.05) is 0 Å². The standard InChI is InChI=1S/C9H7F3O/c1-2-6-3-4-8(7(10)5-6)13-9(11)12/h2-5,9H,1H2. The van der Waals surface area contributed by atoms with Gasteiger partial charge in [-0.2, -0.15) is 8.78 Å². The molecule has 0 saturated carbocycles. The van der Waals surface area contributed by atoms with Gasteiger partial charge in [0.2, 0.25) is 0 Å². The zero-order valence-corrected chi connectivity index (χ0v) is 6.64. The van der Waals surface area contributed by atoms with E-state index in [9.17, 15) is 13.2 Å². The van der Waals surface area contributed by atoms with Crippen molar-refractivity contribution >= 4 is 6.08 Å². The molecule has 0 saturated heterocycles. The third-order valence-corrected chi connectivity index (χ3v) is 1.41. The van der Waals surface area contributed by atoms with Crippen LogP contribution in [0.1, 0.15) is 5.56 Å². The topological polar surface area (TPSA) is 9.23 Å². The predicted octanol–water partition coefficient (Wildman–Crippen LogP) is 3.07. The smallest absolute Gasteiger partial charge is 0.387 e. The summed E-state index contributed by atoms with van der Waals surface area (Å²) < 4.78 is 40.1. The molecule has 0 heterocycles. The fourth-order valence-electron chi connectivity index (χ4n) is 0.836. The lowest BCUT2D eigenvalue weighted by Crippen LogP contribution is -2.03. The van der Waals surface area contributed by atoms with Gasteiger partial charge in [0.25, 0.3) is 0 Å². The summed E-state index contributed by atoms with van der Waals surface area (Å²) in [7, 11) is 0. The number of hydrogen-bond acceptors (Lipinski definition) is 1. The Morgan fingerprint density at radius 2 is 2.08 bits per heavy atom. The zero-order chi connectivity index (χ0) is 9.84. The first-order valence-corrected chi connectivity index (χ1v) is 3.50. The lowest BCUT2D eigenvalue weighted by Gasteiger charge is -2.05.